The molecule has 0 saturated carbocycles. The number of ether oxygens (including phenoxy) is 1. The Bertz CT molecular complexity index is 834. The van der Waals surface area contributed by atoms with Gasteiger partial charge in [0.05, 0.1) is 13.2 Å². The van der Waals surface area contributed by atoms with Gasteiger partial charge in [-0.15, -0.1) is 0 Å². The molecule has 0 radical (unpaired) electrons. The van der Waals surface area contributed by atoms with Gasteiger partial charge in [-0.05, 0) is 48.7 Å². The molecule has 2 saturated heterocycles. The first-order valence-corrected chi connectivity index (χ1v) is 10.5. The number of nitrogens with zero attached hydrogens (tertiary/aromatic N) is 2. The molecule has 6 nitrogen and oxygen atoms in total. The van der Waals surface area contributed by atoms with Crippen LogP contribution < -0.4 is 10.2 Å². The van der Waals surface area contributed by atoms with Crippen molar-refractivity contribution in [3.63, 3.8) is 0 Å². The van der Waals surface area contributed by atoms with Crippen molar-refractivity contribution in [2.45, 2.75) is 31.8 Å². The topological polar surface area (TPSA) is 65.0 Å². The van der Waals surface area contributed by atoms with Gasteiger partial charge in [-0.3, -0.25) is 0 Å². The van der Waals surface area contributed by atoms with Crippen LogP contribution in [0, 0.1) is 0 Å². The first-order valence-electron chi connectivity index (χ1n) is 10.5. The first-order chi connectivity index (χ1) is 14.2. The third-order valence-electron chi connectivity index (χ3n) is 5.66. The predicted molar refractivity (Wildman–Crippen MR) is 115 cm³/mol. The lowest BCUT2D eigenvalue weighted by Crippen LogP contribution is -2.44. The summed E-state index contributed by atoms with van der Waals surface area (Å²) in [6.07, 6.45) is 4.81. The van der Waals surface area contributed by atoms with E-state index in [0.29, 0.717) is 19.7 Å². The zero-order valence-electron chi connectivity index (χ0n) is 16.7. The molecule has 0 aliphatic carbocycles. The normalized spacial score (nSPS) is 20.2. The molecule has 4 rings (SSSR count). The second-order valence-corrected chi connectivity index (χ2v) is 7.78. The molecule has 29 heavy (non-hydrogen) atoms. The van der Waals surface area contributed by atoms with Crippen LogP contribution in [0.1, 0.15) is 37.4 Å². The van der Waals surface area contributed by atoms with Crippen LogP contribution >= 0.6 is 0 Å². The van der Waals surface area contributed by atoms with Crippen molar-refractivity contribution in [3.8, 4) is 5.75 Å². The number of aromatic hydroxyl groups is 1. The summed E-state index contributed by atoms with van der Waals surface area (Å²) in [5, 5.41) is 12.8. The van der Waals surface area contributed by atoms with Gasteiger partial charge >= 0.3 is 6.03 Å². The molecule has 2 aromatic rings. The minimum Gasteiger partial charge on any atom is -0.508 e. The summed E-state index contributed by atoms with van der Waals surface area (Å²) >= 11 is 0. The standard InChI is InChI=1S/C23H29N3O3/c27-21-10-5-7-18(15-21)22-17-26(13-14-29-22)23(28)24-19-8-6-9-20(16-19)25-11-3-1-2-4-12-25/h5-10,15-16,22,27H,1-4,11-14,17H2,(H,24,28). The van der Waals surface area contributed by atoms with Gasteiger partial charge in [0.25, 0.3) is 0 Å². The smallest absolute Gasteiger partial charge is 0.322 e. The van der Waals surface area contributed by atoms with Gasteiger partial charge in [0.2, 0.25) is 0 Å². The molecule has 2 N–H and O–H groups in total. The molecule has 2 fully saturated rings. The fourth-order valence-electron chi connectivity index (χ4n) is 4.07. The number of carbonyl (C=O) groups is 1. The van der Waals surface area contributed by atoms with Crippen molar-refractivity contribution in [1.82, 2.24) is 4.90 Å². The molecule has 2 aliphatic heterocycles. The Balaban J connectivity index is 1.40. The minimum absolute atomic E-state index is 0.119. The van der Waals surface area contributed by atoms with E-state index in [2.05, 4.69) is 22.3 Å². The monoisotopic (exact) mass is 395 g/mol. The summed E-state index contributed by atoms with van der Waals surface area (Å²) in [6.45, 7) is 3.63. The van der Waals surface area contributed by atoms with Crippen LogP contribution in [-0.2, 0) is 4.74 Å². The Morgan fingerprint density at radius 3 is 2.59 bits per heavy atom. The number of carbonyl (C=O) groups excluding carboxylic acids is 1. The Kier molecular flexibility index (Phi) is 6.20. The number of nitrogens with one attached hydrogen (secondary N) is 1. The molecule has 2 heterocycles. The summed E-state index contributed by atoms with van der Waals surface area (Å²) < 4.78 is 5.82. The van der Waals surface area contributed by atoms with E-state index >= 15 is 0 Å². The Morgan fingerprint density at radius 2 is 1.79 bits per heavy atom. The average molecular weight is 396 g/mol. The number of phenols is 1. The lowest BCUT2D eigenvalue weighted by atomic mass is 10.1. The van der Waals surface area contributed by atoms with Crippen molar-refractivity contribution in [2.24, 2.45) is 0 Å². The summed E-state index contributed by atoms with van der Waals surface area (Å²) in [5.41, 5.74) is 2.87. The number of hydrogen-bond acceptors (Lipinski definition) is 4. The fraction of sp³-hybridized carbons (Fsp3) is 0.435. The van der Waals surface area contributed by atoms with Gasteiger partial charge in [-0.2, -0.15) is 0 Å². The molecule has 1 atom stereocenters. The van der Waals surface area contributed by atoms with Crippen LogP contribution in [0.3, 0.4) is 0 Å². The lowest BCUT2D eigenvalue weighted by molar-refractivity contribution is -0.0135. The highest BCUT2D eigenvalue weighted by Gasteiger charge is 2.26. The van der Waals surface area contributed by atoms with Gasteiger partial charge in [0.15, 0.2) is 0 Å². The number of hydrogen-bond donors (Lipinski definition) is 2. The lowest BCUT2D eigenvalue weighted by Gasteiger charge is -2.33. The molecule has 1 unspecified atom stereocenters. The van der Waals surface area contributed by atoms with Crippen LogP contribution in [0.5, 0.6) is 5.75 Å². The van der Waals surface area contributed by atoms with Gasteiger partial charge in [0.1, 0.15) is 11.9 Å². The zero-order chi connectivity index (χ0) is 20.1. The van der Waals surface area contributed by atoms with Gasteiger partial charge in [0, 0.05) is 31.0 Å². The highest BCUT2D eigenvalue weighted by atomic mass is 16.5. The number of anilines is 2. The number of amides is 2. The van der Waals surface area contributed by atoms with Crippen LogP contribution in [0.2, 0.25) is 0 Å². The third-order valence-corrected chi connectivity index (χ3v) is 5.66. The van der Waals surface area contributed by atoms with Gasteiger partial charge in [-0.1, -0.05) is 31.0 Å². The van der Waals surface area contributed by atoms with Crippen LogP contribution in [0.4, 0.5) is 16.2 Å². The van der Waals surface area contributed by atoms with E-state index in [0.717, 1.165) is 24.3 Å². The Morgan fingerprint density at radius 1 is 1.00 bits per heavy atom. The molecular weight excluding hydrogens is 366 g/mol. The second-order valence-electron chi connectivity index (χ2n) is 7.78. The van der Waals surface area contributed by atoms with Crippen LogP contribution in [-0.4, -0.2) is 48.8 Å². The van der Waals surface area contributed by atoms with Crippen molar-refractivity contribution in [2.75, 3.05) is 43.0 Å². The largest absolute Gasteiger partial charge is 0.508 e. The summed E-state index contributed by atoms with van der Waals surface area (Å²) in [6, 6.07) is 15.0. The third kappa shape index (κ3) is 5.01. The number of morpholine rings is 1. The summed E-state index contributed by atoms with van der Waals surface area (Å²) in [5.74, 6) is 0.206. The number of phenolic OH excluding ortho intramolecular Hbond substituents is 1. The second kappa shape index (κ2) is 9.18. The predicted octanol–water partition coefficient (Wildman–Crippen LogP) is 4.38. The highest BCUT2D eigenvalue weighted by Crippen LogP contribution is 2.26. The molecule has 0 bridgehead atoms. The maximum Gasteiger partial charge on any atom is 0.322 e. The Labute approximate surface area is 172 Å². The van der Waals surface area contributed by atoms with E-state index in [1.54, 1.807) is 23.1 Å². The van der Waals surface area contributed by atoms with Crippen molar-refractivity contribution < 1.29 is 14.6 Å². The molecule has 2 amide bonds. The molecule has 0 spiro atoms. The van der Waals surface area contributed by atoms with E-state index in [4.69, 9.17) is 4.74 Å². The SMILES string of the molecule is O=C(Nc1cccc(N2CCCCCC2)c1)N1CCOC(c2cccc(O)c2)C1. The fourth-order valence-corrected chi connectivity index (χ4v) is 4.07. The van der Waals surface area contributed by atoms with E-state index < -0.39 is 0 Å². The number of rotatable bonds is 3. The summed E-state index contributed by atoms with van der Waals surface area (Å²) in [4.78, 5) is 17.0. The van der Waals surface area contributed by atoms with E-state index in [9.17, 15) is 9.90 Å². The first kappa shape index (κ1) is 19.6. The van der Waals surface area contributed by atoms with Crippen molar-refractivity contribution in [3.05, 3.63) is 54.1 Å². The molecule has 154 valence electrons. The zero-order valence-corrected chi connectivity index (χ0v) is 16.7. The quantitative estimate of drug-likeness (QED) is 0.810. The van der Waals surface area contributed by atoms with E-state index in [1.165, 1.54) is 31.4 Å². The molecular formula is C23H29N3O3. The van der Waals surface area contributed by atoms with E-state index in [-0.39, 0.29) is 17.9 Å². The summed E-state index contributed by atoms with van der Waals surface area (Å²) in [7, 11) is 0. The molecule has 2 aromatic carbocycles. The Hall–Kier alpha value is -2.73. The highest BCUT2D eigenvalue weighted by molar-refractivity contribution is 5.90. The van der Waals surface area contributed by atoms with Crippen molar-refractivity contribution in [1.29, 1.82) is 0 Å². The maximum atomic E-state index is 12.9. The molecule has 6 heteroatoms. The van der Waals surface area contributed by atoms with Gasteiger partial charge < -0.3 is 25.0 Å². The molecule has 0 aromatic heterocycles. The maximum absolute atomic E-state index is 12.9. The molecule has 2 aliphatic rings. The van der Waals surface area contributed by atoms with Gasteiger partial charge in [-0.25, -0.2) is 4.79 Å². The average Bonchev–Trinajstić information content (AvgIpc) is 3.04. The van der Waals surface area contributed by atoms with Crippen LogP contribution in [0.25, 0.3) is 0 Å². The number of benzene rings is 2. The van der Waals surface area contributed by atoms with E-state index in [1.807, 2.05) is 18.2 Å². The minimum atomic E-state index is -0.231. The van der Waals surface area contributed by atoms with Crippen molar-refractivity contribution >= 4 is 17.4 Å². The van der Waals surface area contributed by atoms with Crippen LogP contribution in [0.15, 0.2) is 48.5 Å². The number of urea groups is 1.